The molecule has 1 saturated heterocycles. The van der Waals surface area contributed by atoms with Crippen LogP contribution >= 0.6 is 0 Å². The van der Waals surface area contributed by atoms with Gasteiger partial charge in [0.1, 0.15) is 5.82 Å². The van der Waals surface area contributed by atoms with Gasteiger partial charge in [-0.15, -0.1) is 0 Å². The molecule has 1 saturated carbocycles. The van der Waals surface area contributed by atoms with E-state index >= 15 is 0 Å². The molecule has 2 heterocycles. The Morgan fingerprint density at radius 2 is 2.00 bits per heavy atom. The number of hydrogen-bond acceptors (Lipinski definition) is 3. The van der Waals surface area contributed by atoms with Crippen molar-refractivity contribution in [1.82, 2.24) is 10.3 Å². The number of nitrogens with zero attached hydrogens (tertiary/aromatic N) is 3. The second kappa shape index (κ2) is 6.99. The molecule has 120 valence electrons. The Balaban J connectivity index is 1.63. The lowest BCUT2D eigenvalue weighted by molar-refractivity contribution is 0.625. The summed E-state index contributed by atoms with van der Waals surface area (Å²) in [5.41, 5.74) is 8.25. The van der Waals surface area contributed by atoms with Gasteiger partial charge in [-0.25, -0.2) is 9.98 Å². The topological polar surface area (TPSA) is 66.5 Å². The Morgan fingerprint density at radius 1 is 1.27 bits per heavy atom. The van der Waals surface area contributed by atoms with Crippen molar-refractivity contribution in [1.29, 1.82) is 0 Å². The van der Waals surface area contributed by atoms with E-state index in [0.717, 1.165) is 24.6 Å². The zero-order valence-corrected chi connectivity index (χ0v) is 13.5. The van der Waals surface area contributed by atoms with Crippen LogP contribution in [-0.2, 0) is 6.54 Å². The molecule has 2 aliphatic rings. The maximum Gasteiger partial charge on any atom is 0.189 e. The summed E-state index contributed by atoms with van der Waals surface area (Å²) in [6.07, 6.45) is 7.55. The first-order chi connectivity index (χ1) is 10.7. The number of guanidine groups is 1. The first kappa shape index (κ1) is 15.1. The van der Waals surface area contributed by atoms with E-state index in [9.17, 15) is 0 Å². The fraction of sp³-hybridized carbons (Fsp3) is 0.647. The van der Waals surface area contributed by atoms with Crippen molar-refractivity contribution in [3.63, 3.8) is 0 Å². The minimum Gasteiger partial charge on any atom is -0.370 e. The summed E-state index contributed by atoms with van der Waals surface area (Å²) in [5.74, 6) is 1.66. The lowest BCUT2D eigenvalue weighted by Gasteiger charge is -2.18. The fourth-order valence-corrected chi connectivity index (χ4v) is 3.42. The van der Waals surface area contributed by atoms with Gasteiger partial charge in [-0.05, 0) is 50.3 Å². The van der Waals surface area contributed by atoms with Gasteiger partial charge in [0.25, 0.3) is 0 Å². The molecule has 2 fully saturated rings. The number of aromatic nitrogens is 1. The van der Waals surface area contributed by atoms with Crippen molar-refractivity contribution >= 4 is 11.8 Å². The molecule has 1 aromatic heterocycles. The molecule has 3 rings (SSSR count). The smallest absolute Gasteiger partial charge is 0.189 e. The van der Waals surface area contributed by atoms with Gasteiger partial charge >= 0.3 is 0 Å². The fourth-order valence-electron chi connectivity index (χ4n) is 3.42. The van der Waals surface area contributed by atoms with E-state index in [0.29, 0.717) is 18.5 Å². The molecule has 3 N–H and O–H groups in total. The Labute approximate surface area is 133 Å². The molecule has 0 unspecified atom stereocenters. The van der Waals surface area contributed by atoms with E-state index in [-0.39, 0.29) is 0 Å². The van der Waals surface area contributed by atoms with Gasteiger partial charge in [0.15, 0.2) is 5.96 Å². The Hall–Kier alpha value is -1.78. The van der Waals surface area contributed by atoms with Crippen LogP contribution in [0.5, 0.6) is 0 Å². The van der Waals surface area contributed by atoms with E-state index < -0.39 is 0 Å². The third kappa shape index (κ3) is 3.90. The van der Waals surface area contributed by atoms with Crippen molar-refractivity contribution in [3.05, 3.63) is 23.4 Å². The molecule has 5 heteroatoms. The van der Waals surface area contributed by atoms with Crippen LogP contribution in [-0.4, -0.2) is 30.1 Å². The lowest BCUT2D eigenvalue weighted by atomic mass is 10.2. The van der Waals surface area contributed by atoms with Gasteiger partial charge in [-0.2, -0.15) is 0 Å². The van der Waals surface area contributed by atoms with E-state index in [1.807, 2.05) is 6.92 Å². The highest BCUT2D eigenvalue weighted by atomic mass is 15.2. The molecular formula is C17H27N5. The van der Waals surface area contributed by atoms with E-state index in [1.165, 1.54) is 44.1 Å². The zero-order valence-electron chi connectivity index (χ0n) is 13.5. The molecular weight excluding hydrogens is 274 g/mol. The van der Waals surface area contributed by atoms with Crippen LogP contribution in [0.3, 0.4) is 0 Å². The van der Waals surface area contributed by atoms with Crippen molar-refractivity contribution in [2.45, 2.75) is 58.0 Å². The molecule has 0 spiro atoms. The maximum atomic E-state index is 6.01. The van der Waals surface area contributed by atoms with Gasteiger partial charge in [0.05, 0.1) is 6.54 Å². The standard InChI is InChI=1S/C17H27N5/c1-13-10-14(11-16(20-13)22-8-4-5-9-22)12-19-17(18)21-15-6-2-3-7-15/h10-11,15H,2-9,12H2,1H3,(H3,18,19,21). The molecule has 0 radical (unpaired) electrons. The number of hydrogen-bond donors (Lipinski definition) is 2. The van der Waals surface area contributed by atoms with Gasteiger partial charge in [0.2, 0.25) is 0 Å². The summed E-state index contributed by atoms with van der Waals surface area (Å²) in [6.45, 7) is 4.90. The highest BCUT2D eigenvalue weighted by molar-refractivity contribution is 5.78. The van der Waals surface area contributed by atoms with E-state index in [2.05, 4.69) is 32.3 Å². The van der Waals surface area contributed by atoms with Gasteiger partial charge < -0.3 is 16.0 Å². The quantitative estimate of drug-likeness (QED) is 0.662. The summed E-state index contributed by atoms with van der Waals surface area (Å²) in [4.78, 5) is 11.5. The van der Waals surface area contributed by atoms with Crippen molar-refractivity contribution in [3.8, 4) is 0 Å². The number of aryl methyl sites for hydroxylation is 1. The number of nitrogens with one attached hydrogen (secondary N) is 1. The molecule has 0 aromatic carbocycles. The number of aliphatic imine (C=N–C) groups is 1. The number of nitrogens with two attached hydrogens (primary N) is 1. The summed E-state index contributed by atoms with van der Waals surface area (Å²) >= 11 is 0. The monoisotopic (exact) mass is 301 g/mol. The number of pyridine rings is 1. The van der Waals surface area contributed by atoms with Crippen LogP contribution in [0, 0.1) is 6.92 Å². The van der Waals surface area contributed by atoms with Crippen LogP contribution in [0.4, 0.5) is 5.82 Å². The van der Waals surface area contributed by atoms with E-state index in [4.69, 9.17) is 5.73 Å². The highest BCUT2D eigenvalue weighted by Gasteiger charge is 2.16. The highest BCUT2D eigenvalue weighted by Crippen LogP contribution is 2.20. The SMILES string of the molecule is Cc1cc(CN=C(N)NC2CCCC2)cc(N2CCCC2)n1. The predicted molar refractivity (Wildman–Crippen MR) is 91.1 cm³/mol. The second-order valence-electron chi connectivity index (χ2n) is 6.50. The summed E-state index contributed by atoms with van der Waals surface area (Å²) in [6, 6.07) is 4.78. The zero-order chi connectivity index (χ0) is 15.4. The lowest BCUT2D eigenvalue weighted by Crippen LogP contribution is -2.38. The number of anilines is 1. The van der Waals surface area contributed by atoms with Crippen LogP contribution in [0.1, 0.15) is 49.8 Å². The molecule has 0 atom stereocenters. The summed E-state index contributed by atoms with van der Waals surface area (Å²) in [5, 5.41) is 3.34. The largest absolute Gasteiger partial charge is 0.370 e. The van der Waals surface area contributed by atoms with Crippen LogP contribution in [0.25, 0.3) is 0 Å². The molecule has 0 amide bonds. The Morgan fingerprint density at radius 3 is 2.73 bits per heavy atom. The van der Waals surface area contributed by atoms with Crippen molar-refractivity contribution < 1.29 is 0 Å². The van der Waals surface area contributed by atoms with Crippen molar-refractivity contribution in [2.24, 2.45) is 10.7 Å². The molecule has 1 aromatic rings. The molecule has 1 aliphatic heterocycles. The first-order valence-electron chi connectivity index (χ1n) is 8.50. The Bertz CT molecular complexity index is 528. The van der Waals surface area contributed by atoms with Crippen LogP contribution < -0.4 is 16.0 Å². The van der Waals surface area contributed by atoms with Crippen molar-refractivity contribution in [2.75, 3.05) is 18.0 Å². The molecule has 1 aliphatic carbocycles. The maximum absolute atomic E-state index is 6.01. The second-order valence-corrected chi connectivity index (χ2v) is 6.50. The van der Waals surface area contributed by atoms with Gasteiger partial charge in [0, 0.05) is 24.8 Å². The minimum atomic E-state index is 0.517. The molecule has 22 heavy (non-hydrogen) atoms. The summed E-state index contributed by atoms with van der Waals surface area (Å²) in [7, 11) is 0. The van der Waals surface area contributed by atoms with E-state index in [1.54, 1.807) is 0 Å². The van der Waals surface area contributed by atoms with Crippen LogP contribution in [0.15, 0.2) is 17.1 Å². The first-order valence-corrected chi connectivity index (χ1v) is 8.50. The number of rotatable bonds is 4. The predicted octanol–water partition coefficient (Wildman–Crippen LogP) is 2.34. The average Bonchev–Trinajstić information content (AvgIpc) is 3.18. The Kier molecular flexibility index (Phi) is 4.80. The van der Waals surface area contributed by atoms with Gasteiger partial charge in [-0.1, -0.05) is 12.8 Å². The van der Waals surface area contributed by atoms with Crippen LogP contribution in [0.2, 0.25) is 0 Å². The third-order valence-corrected chi connectivity index (χ3v) is 4.57. The third-order valence-electron chi connectivity index (χ3n) is 4.57. The average molecular weight is 301 g/mol. The molecule has 0 bridgehead atoms. The van der Waals surface area contributed by atoms with Gasteiger partial charge in [-0.3, -0.25) is 0 Å². The molecule has 5 nitrogen and oxygen atoms in total. The normalized spacial score (nSPS) is 19.9. The minimum absolute atomic E-state index is 0.517. The summed E-state index contributed by atoms with van der Waals surface area (Å²) < 4.78 is 0.